The second-order valence-electron chi connectivity index (χ2n) is 9.59. The topological polar surface area (TPSA) is 114 Å². The van der Waals surface area contributed by atoms with Gasteiger partial charge in [0.1, 0.15) is 23.7 Å². The number of anilines is 1. The van der Waals surface area contributed by atoms with Crippen molar-refractivity contribution >= 4 is 21.6 Å². The predicted molar refractivity (Wildman–Crippen MR) is 133 cm³/mol. The van der Waals surface area contributed by atoms with Gasteiger partial charge in [-0.2, -0.15) is 0 Å². The number of nitrogens with zero attached hydrogens (tertiary/aromatic N) is 1. The fourth-order valence-electron chi connectivity index (χ4n) is 5.40. The zero-order valence-electron chi connectivity index (χ0n) is 20.3. The highest BCUT2D eigenvalue weighted by atomic mass is 32.2. The van der Waals surface area contributed by atoms with Crippen LogP contribution in [0, 0.1) is 0 Å². The number of amides is 1. The lowest BCUT2D eigenvalue weighted by atomic mass is 9.84. The monoisotopic (exact) mass is 516 g/mol. The molecule has 0 saturated carbocycles. The third-order valence-corrected chi connectivity index (χ3v) is 8.59. The van der Waals surface area contributed by atoms with Crippen molar-refractivity contribution in [2.24, 2.45) is 0 Å². The largest absolute Gasteiger partial charge is 0.497 e. The normalized spacial score (nSPS) is 25.4. The Morgan fingerprint density at radius 3 is 2.72 bits per heavy atom. The summed E-state index contributed by atoms with van der Waals surface area (Å²) in [5.41, 5.74) is 1.26. The lowest BCUT2D eigenvalue weighted by Gasteiger charge is -2.38. The van der Waals surface area contributed by atoms with Crippen molar-refractivity contribution < 1.29 is 32.5 Å². The molecular formula is C26H32N2O7S. The van der Waals surface area contributed by atoms with Gasteiger partial charge in [0.2, 0.25) is 5.91 Å². The van der Waals surface area contributed by atoms with Gasteiger partial charge in [-0.3, -0.25) is 9.52 Å². The smallest absolute Gasteiger partial charge is 0.262 e. The number of piperidine rings is 1. The summed E-state index contributed by atoms with van der Waals surface area (Å²) >= 11 is 0. The Hall–Kier alpha value is -2.82. The van der Waals surface area contributed by atoms with E-state index in [4.69, 9.17) is 14.2 Å². The average molecular weight is 517 g/mol. The van der Waals surface area contributed by atoms with Crippen molar-refractivity contribution in [3.8, 4) is 11.5 Å². The van der Waals surface area contributed by atoms with Crippen LogP contribution in [0.1, 0.15) is 43.6 Å². The number of hydrogen-bond acceptors (Lipinski definition) is 7. The van der Waals surface area contributed by atoms with E-state index in [9.17, 15) is 18.3 Å². The number of likely N-dealkylation sites (tertiary alicyclic amines) is 1. The lowest BCUT2D eigenvalue weighted by molar-refractivity contribution is -0.149. The Labute approximate surface area is 211 Å². The number of fused-ring (bicyclic) bond motifs is 3. The van der Waals surface area contributed by atoms with Crippen LogP contribution >= 0.6 is 0 Å². The molecule has 3 aliphatic rings. The van der Waals surface area contributed by atoms with E-state index >= 15 is 0 Å². The molecule has 0 aliphatic carbocycles. The van der Waals surface area contributed by atoms with Gasteiger partial charge in [-0.15, -0.1) is 0 Å². The number of carbonyl (C=O) groups is 1. The number of sulfonamides is 1. The van der Waals surface area contributed by atoms with Crippen molar-refractivity contribution in [3.05, 3.63) is 48.0 Å². The molecule has 2 N–H and O–H groups in total. The number of hydrogen-bond donors (Lipinski definition) is 2. The van der Waals surface area contributed by atoms with Crippen LogP contribution in [-0.2, 0) is 19.6 Å². The second kappa shape index (κ2) is 10.3. The number of rotatable bonds is 7. The second-order valence-corrected chi connectivity index (χ2v) is 11.3. The van der Waals surface area contributed by atoms with E-state index in [0.29, 0.717) is 23.6 Å². The molecule has 194 valence electrons. The molecule has 2 aromatic carbocycles. The Bertz CT molecular complexity index is 1210. The van der Waals surface area contributed by atoms with Gasteiger partial charge in [0.25, 0.3) is 10.0 Å². The Balaban J connectivity index is 1.34. The van der Waals surface area contributed by atoms with Crippen molar-refractivity contribution in [3.63, 3.8) is 0 Å². The van der Waals surface area contributed by atoms with Gasteiger partial charge in [0.05, 0.1) is 31.1 Å². The quantitative estimate of drug-likeness (QED) is 0.582. The number of methoxy groups -OCH3 is 1. The Morgan fingerprint density at radius 1 is 1.17 bits per heavy atom. The molecule has 0 spiro atoms. The summed E-state index contributed by atoms with van der Waals surface area (Å²) in [6.07, 6.45) is 2.72. The van der Waals surface area contributed by atoms with Crippen LogP contribution in [0.4, 0.5) is 5.69 Å². The van der Waals surface area contributed by atoms with Gasteiger partial charge in [0, 0.05) is 36.3 Å². The van der Waals surface area contributed by atoms with Crippen molar-refractivity contribution in [1.82, 2.24) is 4.90 Å². The fraction of sp³-hybridized carbons (Fsp3) is 0.500. The molecule has 36 heavy (non-hydrogen) atoms. The third kappa shape index (κ3) is 5.02. The predicted octanol–water partition coefficient (Wildman–Crippen LogP) is 2.89. The summed E-state index contributed by atoms with van der Waals surface area (Å²) in [6, 6.07) is 11.4. The van der Waals surface area contributed by atoms with Crippen LogP contribution in [0.15, 0.2) is 47.4 Å². The molecule has 5 rings (SSSR count). The number of ether oxygens (including phenoxy) is 3. The molecular weight excluding hydrogens is 484 g/mol. The van der Waals surface area contributed by atoms with Crippen LogP contribution in [0.25, 0.3) is 0 Å². The van der Waals surface area contributed by atoms with Crippen molar-refractivity contribution in [2.75, 3.05) is 31.5 Å². The van der Waals surface area contributed by atoms with E-state index < -0.39 is 22.2 Å². The minimum absolute atomic E-state index is 0.0776. The van der Waals surface area contributed by atoms with Gasteiger partial charge in [-0.25, -0.2) is 8.42 Å². The maximum absolute atomic E-state index is 13.0. The Kier molecular flexibility index (Phi) is 7.09. The molecule has 3 heterocycles. The van der Waals surface area contributed by atoms with Gasteiger partial charge in [-0.05, 0) is 56.0 Å². The SMILES string of the molecule is COc1cccc(S(=O)(=O)Nc2ccc3c(c2)[C@H]2C[C@H](CC(=O)N4CCCCC4)O[C@@H](CO)[C@H]2O3)c1. The third-order valence-electron chi connectivity index (χ3n) is 7.21. The van der Waals surface area contributed by atoms with Crippen LogP contribution in [0.3, 0.4) is 0 Å². The first kappa shape index (κ1) is 24.9. The van der Waals surface area contributed by atoms with Crippen LogP contribution in [0.2, 0.25) is 0 Å². The summed E-state index contributed by atoms with van der Waals surface area (Å²) in [6.45, 7) is 1.34. The van der Waals surface area contributed by atoms with Gasteiger partial charge in [0.15, 0.2) is 0 Å². The molecule has 0 bridgehead atoms. The van der Waals surface area contributed by atoms with E-state index in [0.717, 1.165) is 37.9 Å². The fourth-order valence-corrected chi connectivity index (χ4v) is 6.49. The van der Waals surface area contributed by atoms with E-state index in [1.807, 2.05) is 4.90 Å². The van der Waals surface area contributed by atoms with Crippen LogP contribution in [0.5, 0.6) is 11.5 Å². The lowest BCUT2D eigenvalue weighted by Crippen LogP contribution is -2.48. The summed E-state index contributed by atoms with van der Waals surface area (Å²) in [7, 11) is -2.35. The number of carbonyl (C=O) groups excluding carboxylic acids is 1. The summed E-state index contributed by atoms with van der Waals surface area (Å²) < 4.78 is 46.0. The summed E-state index contributed by atoms with van der Waals surface area (Å²) in [5.74, 6) is 1.05. The number of benzene rings is 2. The molecule has 10 heteroatoms. The first-order valence-electron chi connectivity index (χ1n) is 12.4. The maximum Gasteiger partial charge on any atom is 0.262 e. The highest BCUT2D eigenvalue weighted by Crippen LogP contribution is 2.47. The molecule has 1 amide bonds. The van der Waals surface area contributed by atoms with E-state index in [1.165, 1.54) is 19.2 Å². The minimum Gasteiger partial charge on any atom is -0.497 e. The first-order chi connectivity index (χ1) is 17.4. The summed E-state index contributed by atoms with van der Waals surface area (Å²) in [4.78, 5) is 14.9. The molecule has 3 aliphatic heterocycles. The van der Waals surface area contributed by atoms with Gasteiger partial charge in [-0.1, -0.05) is 6.07 Å². The molecule has 2 saturated heterocycles. The number of aliphatic hydroxyl groups is 1. The van der Waals surface area contributed by atoms with E-state index in [2.05, 4.69) is 4.72 Å². The van der Waals surface area contributed by atoms with E-state index in [1.54, 1.807) is 30.3 Å². The minimum atomic E-state index is -3.83. The average Bonchev–Trinajstić information content (AvgIpc) is 3.26. The van der Waals surface area contributed by atoms with Crippen molar-refractivity contribution in [1.29, 1.82) is 0 Å². The zero-order valence-corrected chi connectivity index (χ0v) is 21.1. The molecule has 0 aromatic heterocycles. The highest BCUT2D eigenvalue weighted by molar-refractivity contribution is 7.92. The molecule has 4 atom stereocenters. The maximum atomic E-state index is 13.0. The molecule has 9 nitrogen and oxygen atoms in total. The van der Waals surface area contributed by atoms with Gasteiger partial charge < -0.3 is 24.2 Å². The van der Waals surface area contributed by atoms with Crippen LogP contribution < -0.4 is 14.2 Å². The zero-order chi connectivity index (χ0) is 25.3. The van der Waals surface area contributed by atoms with E-state index in [-0.39, 0.29) is 35.9 Å². The molecule has 0 unspecified atom stereocenters. The number of nitrogens with one attached hydrogen (secondary N) is 1. The number of aliphatic hydroxyl groups excluding tert-OH is 1. The summed E-state index contributed by atoms with van der Waals surface area (Å²) in [5, 5.41) is 9.99. The van der Waals surface area contributed by atoms with Crippen molar-refractivity contribution in [2.45, 2.75) is 61.2 Å². The molecule has 2 aromatic rings. The standard InChI is InChI=1S/C26H32N2O7S/c1-33-18-6-5-7-20(13-18)36(31,32)27-17-8-9-23-21(12-17)22-14-19(34-24(16-29)26(22)35-23)15-25(30)28-10-3-2-4-11-28/h5-9,12-13,19,22,24,26-27,29H,2-4,10-11,14-16H2,1H3/t19-,22-,24+,26+/m1/s1. The molecule has 2 fully saturated rings. The van der Waals surface area contributed by atoms with Crippen LogP contribution in [-0.4, -0.2) is 69.4 Å². The molecule has 0 radical (unpaired) electrons. The Morgan fingerprint density at radius 2 is 1.97 bits per heavy atom. The van der Waals surface area contributed by atoms with Gasteiger partial charge >= 0.3 is 0 Å². The highest BCUT2D eigenvalue weighted by Gasteiger charge is 2.46. The first-order valence-corrected chi connectivity index (χ1v) is 13.9.